The minimum Gasteiger partial charge on any atom is -0.493 e. The molecule has 2 aromatic rings. The number of nitrogens with one attached hydrogen (secondary N) is 1. The molecule has 0 unspecified atom stereocenters. The second-order valence-corrected chi connectivity index (χ2v) is 5.76. The largest absolute Gasteiger partial charge is 0.493 e. The van der Waals surface area contributed by atoms with Gasteiger partial charge in [0, 0.05) is 13.1 Å². The van der Waals surface area contributed by atoms with Crippen molar-refractivity contribution in [3.63, 3.8) is 0 Å². The van der Waals surface area contributed by atoms with Crippen molar-refractivity contribution in [2.45, 2.75) is 13.5 Å². The number of methoxy groups -OCH3 is 2. The Morgan fingerprint density at radius 2 is 1.78 bits per heavy atom. The molecule has 0 aliphatic carbocycles. The first-order valence-electron chi connectivity index (χ1n) is 8.51. The monoisotopic (exact) mass is 374 g/mol. The summed E-state index contributed by atoms with van der Waals surface area (Å²) in [6.07, 6.45) is 0. The molecule has 2 rings (SSSR count). The SMILES string of the molecule is CCN(CC(=O)NCc1ccc(F)cc1)C(=O)c1cccc(OC)c1OC. The fraction of sp³-hybridized carbons (Fsp3) is 0.300. The number of halogens is 1. The van der Waals surface area contributed by atoms with Crippen LogP contribution in [-0.2, 0) is 11.3 Å². The number of carbonyl (C=O) groups is 2. The quantitative estimate of drug-likeness (QED) is 0.771. The standard InChI is InChI=1S/C20H23FN2O4/c1-4-23(13-18(24)22-12-14-8-10-15(21)11-9-14)20(25)16-6-5-7-17(26-2)19(16)27-3/h5-11H,4,12-13H2,1-3H3,(H,22,24). The van der Waals surface area contributed by atoms with E-state index in [9.17, 15) is 14.0 Å². The van der Waals surface area contributed by atoms with E-state index in [0.717, 1.165) is 5.56 Å². The van der Waals surface area contributed by atoms with Crippen LogP contribution in [-0.4, -0.2) is 44.0 Å². The molecule has 0 bridgehead atoms. The molecule has 0 fully saturated rings. The molecule has 2 aromatic carbocycles. The lowest BCUT2D eigenvalue weighted by Gasteiger charge is -2.22. The molecule has 0 spiro atoms. The van der Waals surface area contributed by atoms with Gasteiger partial charge in [0.2, 0.25) is 5.91 Å². The predicted octanol–water partition coefficient (Wildman–Crippen LogP) is 2.62. The molecular formula is C20H23FN2O4. The highest BCUT2D eigenvalue weighted by Gasteiger charge is 2.22. The summed E-state index contributed by atoms with van der Waals surface area (Å²) < 4.78 is 23.4. The molecule has 0 atom stereocenters. The van der Waals surface area contributed by atoms with Crippen LogP contribution >= 0.6 is 0 Å². The van der Waals surface area contributed by atoms with Crippen molar-refractivity contribution in [3.05, 3.63) is 59.4 Å². The van der Waals surface area contributed by atoms with Gasteiger partial charge in [-0.3, -0.25) is 9.59 Å². The van der Waals surface area contributed by atoms with Gasteiger partial charge in [-0.15, -0.1) is 0 Å². The van der Waals surface area contributed by atoms with Crippen LogP contribution in [0.5, 0.6) is 11.5 Å². The zero-order valence-corrected chi connectivity index (χ0v) is 15.6. The highest BCUT2D eigenvalue weighted by atomic mass is 19.1. The molecule has 0 aliphatic rings. The molecule has 1 N–H and O–H groups in total. The molecule has 0 heterocycles. The minimum absolute atomic E-state index is 0.100. The minimum atomic E-state index is -0.333. The second kappa shape index (κ2) is 9.56. The van der Waals surface area contributed by atoms with Crippen LogP contribution in [0.25, 0.3) is 0 Å². The van der Waals surface area contributed by atoms with Crippen molar-refractivity contribution in [3.8, 4) is 11.5 Å². The van der Waals surface area contributed by atoms with Crippen molar-refractivity contribution >= 4 is 11.8 Å². The average Bonchev–Trinajstić information content (AvgIpc) is 2.70. The molecule has 0 saturated carbocycles. The Labute approximate surface area is 157 Å². The maximum atomic E-state index is 12.9. The van der Waals surface area contributed by atoms with Crippen molar-refractivity contribution in [2.75, 3.05) is 27.3 Å². The predicted molar refractivity (Wildman–Crippen MR) is 99.4 cm³/mol. The van der Waals surface area contributed by atoms with Crippen LogP contribution in [0, 0.1) is 5.82 Å². The second-order valence-electron chi connectivity index (χ2n) is 5.76. The summed E-state index contributed by atoms with van der Waals surface area (Å²) in [7, 11) is 2.95. The summed E-state index contributed by atoms with van der Waals surface area (Å²) in [5.74, 6) is -0.197. The van der Waals surface area contributed by atoms with Gasteiger partial charge in [-0.2, -0.15) is 0 Å². The Balaban J connectivity index is 2.04. The van der Waals surface area contributed by atoms with Crippen LogP contribution in [0.15, 0.2) is 42.5 Å². The van der Waals surface area contributed by atoms with Crippen molar-refractivity contribution < 1.29 is 23.5 Å². The van der Waals surface area contributed by atoms with E-state index >= 15 is 0 Å². The smallest absolute Gasteiger partial charge is 0.258 e. The van der Waals surface area contributed by atoms with Gasteiger partial charge >= 0.3 is 0 Å². The third kappa shape index (κ3) is 5.20. The Morgan fingerprint density at radius 3 is 2.37 bits per heavy atom. The van der Waals surface area contributed by atoms with Crippen LogP contribution in [0.3, 0.4) is 0 Å². The topological polar surface area (TPSA) is 67.9 Å². The zero-order chi connectivity index (χ0) is 19.8. The number of hydrogen-bond acceptors (Lipinski definition) is 4. The molecule has 0 aliphatic heterocycles. The number of hydrogen-bond donors (Lipinski definition) is 1. The Kier molecular flexibility index (Phi) is 7.16. The maximum Gasteiger partial charge on any atom is 0.258 e. The van der Waals surface area contributed by atoms with Gasteiger partial charge in [0.1, 0.15) is 5.82 Å². The van der Waals surface area contributed by atoms with E-state index in [1.165, 1.54) is 31.3 Å². The van der Waals surface area contributed by atoms with Crippen molar-refractivity contribution in [1.82, 2.24) is 10.2 Å². The fourth-order valence-electron chi connectivity index (χ4n) is 2.59. The zero-order valence-electron chi connectivity index (χ0n) is 15.6. The Bertz CT molecular complexity index is 793. The third-order valence-electron chi connectivity index (χ3n) is 4.04. The summed E-state index contributed by atoms with van der Waals surface area (Å²) in [4.78, 5) is 26.5. The van der Waals surface area contributed by atoms with E-state index in [1.54, 1.807) is 37.3 Å². The number of nitrogens with zero attached hydrogens (tertiary/aromatic N) is 1. The number of amides is 2. The number of ether oxygens (including phenoxy) is 2. The molecule has 6 nitrogen and oxygen atoms in total. The summed E-state index contributed by atoms with van der Waals surface area (Å²) in [6.45, 7) is 2.30. The van der Waals surface area contributed by atoms with Gasteiger partial charge in [0.05, 0.1) is 26.3 Å². The van der Waals surface area contributed by atoms with Gasteiger partial charge in [0.25, 0.3) is 5.91 Å². The summed E-state index contributed by atoms with van der Waals surface area (Å²) in [5.41, 5.74) is 1.10. The van der Waals surface area contributed by atoms with E-state index in [4.69, 9.17) is 9.47 Å². The van der Waals surface area contributed by atoms with E-state index in [2.05, 4.69) is 5.32 Å². The average molecular weight is 374 g/mol. The van der Waals surface area contributed by atoms with Crippen molar-refractivity contribution in [2.24, 2.45) is 0 Å². The lowest BCUT2D eigenvalue weighted by molar-refractivity contribution is -0.121. The Hall–Kier alpha value is -3.09. The fourth-order valence-corrected chi connectivity index (χ4v) is 2.59. The summed E-state index contributed by atoms with van der Waals surface area (Å²) >= 11 is 0. The van der Waals surface area contributed by atoms with E-state index in [0.29, 0.717) is 23.6 Å². The third-order valence-corrected chi connectivity index (χ3v) is 4.04. The van der Waals surface area contributed by atoms with Gasteiger partial charge in [-0.25, -0.2) is 4.39 Å². The van der Waals surface area contributed by atoms with E-state index in [1.807, 2.05) is 0 Å². The van der Waals surface area contributed by atoms with Crippen LogP contribution in [0.1, 0.15) is 22.8 Å². The first-order valence-corrected chi connectivity index (χ1v) is 8.51. The molecule has 2 amide bonds. The lowest BCUT2D eigenvalue weighted by atomic mass is 10.1. The van der Waals surface area contributed by atoms with Crippen molar-refractivity contribution in [1.29, 1.82) is 0 Å². The Morgan fingerprint density at radius 1 is 1.07 bits per heavy atom. The molecule has 0 aromatic heterocycles. The van der Waals surface area contributed by atoms with Crippen LogP contribution in [0.2, 0.25) is 0 Å². The van der Waals surface area contributed by atoms with Gasteiger partial charge in [0.15, 0.2) is 11.5 Å². The molecule has 7 heteroatoms. The van der Waals surface area contributed by atoms with Gasteiger partial charge < -0.3 is 19.7 Å². The molecule has 27 heavy (non-hydrogen) atoms. The van der Waals surface area contributed by atoms with Gasteiger partial charge in [-0.05, 0) is 36.8 Å². The maximum absolute atomic E-state index is 12.9. The normalized spacial score (nSPS) is 10.2. The summed E-state index contributed by atoms with van der Waals surface area (Å²) in [5, 5.41) is 2.73. The van der Waals surface area contributed by atoms with Gasteiger partial charge in [-0.1, -0.05) is 18.2 Å². The molecule has 144 valence electrons. The van der Waals surface area contributed by atoms with E-state index in [-0.39, 0.29) is 30.7 Å². The molecular weight excluding hydrogens is 351 g/mol. The van der Waals surface area contributed by atoms with E-state index < -0.39 is 0 Å². The number of carbonyl (C=O) groups excluding carboxylic acids is 2. The number of likely N-dealkylation sites (N-methyl/N-ethyl adjacent to an activating group) is 1. The van der Waals surface area contributed by atoms with Crippen LogP contribution in [0.4, 0.5) is 4.39 Å². The molecule has 0 saturated heterocycles. The first-order chi connectivity index (χ1) is 13.0. The first kappa shape index (κ1) is 20.2. The summed E-state index contributed by atoms with van der Waals surface area (Å²) in [6, 6.07) is 10.9. The number of para-hydroxylation sites is 1. The number of benzene rings is 2. The molecule has 0 radical (unpaired) electrons. The van der Waals surface area contributed by atoms with Crippen LogP contribution < -0.4 is 14.8 Å². The highest BCUT2D eigenvalue weighted by Crippen LogP contribution is 2.31. The number of rotatable bonds is 8. The lowest BCUT2D eigenvalue weighted by Crippen LogP contribution is -2.40. The highest BCUT2D eigenvalue weighted by molar-refractivity contribution is 5.99.